The van der Waals surface area contributed by atoms with Gasteiger partial charge in [-0.1, -0.05) is 19.4 Å². The molecule has 0 spiro atoms. The summed E-state index contributed by atoms with van der Waals surface area (Å²) >= 11 is 0. The maximum absolute atomic E-state index is 11.7. The minimum absolute atomic E-state index is 0.198. The minimum atomic E-state index is -0.272. The first-order chi connectivity index (χ1) is 12.7. The van der Waals surface area contributed by atoms with Crippen molar-refractivity contribution in [2.45, 2.75) is 51.9 Å². The molecule has 1 aliphatic heterocycles. The van der Waals surface area contributed by atoms with E-state index in [4.69, 9.17) is 4.74 Å². The zero-order valence-electron chi connectivity index (χ0n) is 15.6. The molecule has 0 aliphatic carbocycles. The van der Waals surface area contributed by atoms with Crippen LogP contribution in [0.3, 0.4) is 0 Å². The lowest BCUT2D eigenvalue weighted by Crippen LogP contribution is -2.37. The number of anilines is 1. The molecule has 1 aliphatic rings. The topological polar surface area (TPSA) is 92.3 Å². The average molecular weight is 362 g/mol. The second kappa shape index (κ2) is 11.3. The van der Waals surface area contributed by atoms with Gasteiger partial charge in [0.2, 0.25) is 0 Å². The Hall–Kier alpha value is -2.31. The summed E-state index contributed by atoms with van der Waals surface area (Å²) in [6.07, 6.45) is 5.94. The molecule has 2 heterocycles. The molecule has 0 radical (unpaired) electrons. The normalized spacial score (nSPS) is 12.7. The molecule has 0 saturated carbocycles. The fourth-order valence-electron chi connectivity index (χ4n) is 2.72. The van der Waals surface area contributed by atoms with Crippen molar-refractivity contribution >= 4 is 17.8 Å². The lowest BCUT2D eigenvalue weighted by molar-refractivity contribution is -0.143. The monoisotopic (exact) mass is 362 g/mol. The van der Waals surface area contributed by atoms with Gasteiger partial charge in [-0.25, -0.2) is 9.78 Å². The van der Waals surface area contributed by atoms with Crippen LogP contribution in [0, 0.1) is 0 Å². The van der Waals surface area contributed by atoms with E-state index in [1.165, 1.54) is 5.56 Å². The van der Waals surface area contributed by atoms with Crippen molar-refractivity contribution in [3.63, 3.8) is 0 Å². The molecule has 1 aromatic rings. The maximum atomic E-state index is 11.7. The van der Waals surface area contributed by atoms with Gasteiger partial charge in [-0.2, -0.15) is 0 Å². The Balaban J connectivity index is 1.54. The summed E-state index contributed by atoms with van der Waals surface area (Å²) in [6.45, 7) is 4.33. The van der Waals surface area contributed by atoms with Crippen LogP contribution >= 0.6 is 0 Å². The molecule has 1 aromatic heterocycles. The number of aryl methyl sites for hydroxylation is 2. The number of ether oxygens (including phenoxy) is 1. The largest absolute Gasteiger partial charge is 0.466 e. The fourth-order valence-corrected chi connectivity index (χ4v) is 2.72. The van der Waals surface area contributed by atoms with Gasteiger partial charge in [0.05, 0.1) is 13.0 Å². The van der Waals surface area contributed by atoms with E-state index < -0.39 is 0 Å². The number of nitrogens with zero attached hydrogens (tertiary/aromatic N) is 1. The number of esters is 1. The van der Waals surface area contributed by atoms with Crippen molar-refractivity contribution in [2.75, 3.05) is 31.6 Å². The molecule has 0 fully saturated rings. The van der Waals surface area contributed by atoms with Crippen LogP contribution in [0.4, 0.5) is 10.6 Å². The van der Waals surface area contributed by atoms with Crippen LogP contribution in [0.1, 0.15) is 50.3 Å². The number of hydrogen-bond acceptors (Lipinski definition) is 5. The second-order valence-corrected chi connectivity index (χ2v) is 6.45. The Kier molecular flexibility index (Phi) is 8.72. The highest BCUT2D eigenvalue weighted by Crippen LogP contribution is 2.19. The standard InChI is InChI=1S/C19H30N4O3/c1-2-3-14-26-17(24)10-13-22-19(25)21-12-5-7-16-9-8-15-6-4-11-20-18(15)23-16/h8-9H,2-7,10-14H2,1H3,(H,20,23)(H2,21,22,25). The van der Waals surface area contributed by atoms with E-state index >= 15 is 0 Å². The number of amides is 2. The smallest absolute Gasteiger partial charge is 0.314 e. The number of unbranched alkanes of at least 4 members (excludes halogenated alkanes) is 1. The van der Waals surface area contributed by atoms with Crippen molar-refractivity contribution in [1.82, 2.24) is 15.6 Å². The number of pyridine rings is 1. The summed E-state index contributed by atoms with van der Waals surface area (Å²) in [5, 5.41) is 8.79. The van der Waals surface area contributed by atoms with Gasteiger partial charge in [0.1, 0.15) is 5.82 Å². The van der Waals surface area contributed by atoms with E-state index in [2.05, 4.69) is 33.1 Å². The van der Waals surface area contributed by atoms with Crippen molar-refractivity contribution < 1.29 is 14.3 Å². The van der Waals surface area contributed by atoms with Gasteiger partial charge in [0.15, 0.2) is 0 Å². The molecule has 0 unspecified atom stereocenters. The Labute approximate surface area is 155 Å². The first kappa shape index (κ1) is 20.0. The number of fused-ring (bicyclic) bond motifs is 1. The third-order valence-electron chi connectivity index (χ3n) is 4.22. The van der Waals surface area contributed by atoms with Crippen LogP contribution < -0.4 is 16.0 Å². The molecule has 26 heavy (non-hydrogen) atoms. The van der Waals surface area contributed by atoms with E-state index in [0.29, 0.717) is 13.2 Å². The number of urea groups is 1. The summed E-state index contributed by atoms with van der Waals surface area (Å²) in [4.78, 5) is 27.7. The molecule has 0 saturated heterocycles. The van der Waals surface area contributed by atoms with Crippen molar-refractivity contribution in [3.05, 3.63) is 23.4 Å². The predicted molar refractivity (Wildman–Crippen MR) is 101 cm³/mol. The lowest BCUT2D eigenvalue weighted by Gasteiger charge is -2.17. The number of rotatable bonds is 10. The molecule has 7 heteroatoms. The van der Waals surface area contributed by atoms with Crippen LogP contribution in [0.15, 0.2) is 12.1 Å². The van der Waals surface area contributed by atoms with Crippen LogP contribution in [0.2, 0.25) is 0 Å². The molecule has 0 atom stereocenters. The lowest BCUT2D eigenvalue weighted by atomic mass is 10.1. The van der Waals surface area contributed by atoms with Crippen LogP contribution in [-0.4, -0.2) is 43.2 Å². The second-order valence-electron chi connectivity index (χ2n) is 6.45. The van der Waals surface area contributed by atoms with Crippen molar-refractivity contribution in [3.8, 4) is 0 Å². The molecular weight excluding hydrogens is 332 g/mol. The van der Waals surface area contributed by atoms with Crippen molar-refractivity contribution in [1.29, 1.82) is 0 Å². The van der Waals surface area contributed by atoms with Crippen LogP contribution in [-0.2, 0) is 22.4 Å². The SMILES string of the molecule is CCCCOC(=O)CCNC(=O)NCCCc1ccc2c(n1)NCCC2. The summed E-state index contributed by atoms with van der Waals surface area (Å²) in [7, 11) is 0. The molecule has 144 valence electrons. The summed E-state index contributed by atoms with van der Waals surface area (Å²) in [5.41, 5.74) is 2.32. The zero-order chi connectivity index (χ0) is 18.6. The van der Waals surface area contributed by atoms with Gasteiger partial charge < -0.3 is 20.7 Å². The highest BCUT2D eigenvalue weighted by molar-refractivity contribution is 5.75. The van der Waals surface area contributed by atoms with E-state index in [1.54, 1.807) is 0 Å². The van der Waals surface area contributed by atoms with E-state index in [0.717, 1.165) is 56.6 Å². The number of nitrogens with one attached hydrogen (secondary N) is 3. The molecular formula is C19H30N4O3. The quantitative estimate of drug-likeness (QED) is 0.439. The van der Waals surface area contributed by atoms with Gasteiger partial charge in [0.25, 0.3) is 0 Å². The van der Waals surface area contributed by atoms with Gasteiger partial charge >= 0.3 is 12.0 Å². The molecule has 0 aromatic carbocycles. The third-order valence-corrected chi connectivity index (χ3v) is 4.22. The first-order valence-corrected chi connectivity index (χ1v) is 9.59. The Morgan fingerprint density at radius 2 is 2.08 bits per heavy atom. The van der Waals surface area contributed by atoms with E-state index in [1.807, 2.05) is 6.92 Å². The summed E-state index contributed by atoms with van der Waals surface area (Å²) in [6, 6.07) is 3.95. The van der Waals surface area contributed by atoms with Crippen LogP contribution in [0.25, 0.3) is 0 Å². The first-order valence-electron chi connectivity index (χ1n) is 9.59. The average Bonchev–Trinajstić information content (AvgIpc) is 2.65. The maximum Gasteiger partial charge on any atom is 0.314 e. The summed E-state index contributed by atoms with van der Waals surface area (Å²) in [5.74, 6) is 0.733. The zero-order valence-corrected chi connectivity index (χ0v) is 15.6. The number of hydrogen-bond donors (Lipinski definition) is 3. The minimum Gasteiger partial charge on any atom is -0.466 e. The Bertz CT molecular complexity index is 592. The predicted octanol–water partition coefficient (Wildman–Crippen LogP) is 2.40. The number of carbonyl (C=O) groups excluding carboxylic acids is 2. The van der Waals surface area contributed by atoms with Gasteiger partial charge in [-0.15, -0.1) is 0 Å². The van der Waals surface area contributed by atoms with Crippen molar-refractivity contribution in [2.24, 2.45) is 0 Å². The van der Waals surface area contributed by atoms with Gasteiger partial charge in [-0.3, -0.25) is 4.79 Å². The van der Waals surface area contributed by atoms with E-state index in [9.17, 15) is 9.59 Å². The van der Waals surface area contributed by atoms with E-state index in [-0.39, 0.29) is 25.0 Å². The van der Waals surface area contributed by atoms with Gasteiger partial charge in [-0.05, 0) is 43.7 Å². The molecule has 2 amide bonds. The fraction of sp³-hybridized carbons (Fsp3) is 0.632. The third kappa shape index (κ3) is 7.29. The van der Waals surface area contributed by atoms with Gasteiger partial charge in [0, 0.05) is 25.3 Å². The highest BCUT2D eigenvalue weighted by Gasteiger charge is 2.10. The van der Waals surface area contributed by atoms with Crippen LogP contribution in [0.5, 0.6) is 0 Å². The molecule has 0 bridgehead atoms. The number of aromatic nitrogens is 1. The molecule has 2 rings (SSSR count). The Morgan fingerprint density at radius 3 is 2.92 bits per heavy atom. The molecule has 3 N–H and O–H groups in total. The summed E-state index contributed by atoms with van der Waals surface area (Å²) < 4.78 is 5.03. The number of carbonyl (C=O) groups is 2. The molecule has 7 nitrogen and oxygen atoms in total. The highest BCUT2D eigenvalue weighted by atomic mass is 16.5. The Morgan fingerprint density at radius 1 is 1.23 bits per heavy atom.